The molecule has 1 amide bonds. The summed E-state index contributed by atoms with van der Waals surface area (Å²) < 4.78 is 29.7. The Balaban J connectivity index is 1.22. The fraction of sp³-hybridized carbons (Fsp3) is 0.488. The number of methoxy groups -OCH3 is 2. The molecule has 1 aliphatic heterocycles. The summed E-state index contributed by atoms with van der Waals surface area (Å²) in [4.78, 5) is 30.0. The number of allylic oxidation sites excluding steroid dienone is 1. The van der Waals surface area contributed by atoms with Crippen LogP contribution in [0.3, 0.4) is 0 Å². The summed E-state index contributed by atoms with van der Waals surface area (Å²) >= 11 is 0. The van der Waals surface area contributed by atoms with Gasteiger partial charge in [-0.3, -0.25) is 4.79 Å². The Labute approximate surface area is 311 Å². The number of rotatable bonds is 21. The van der Waals surface area contributed by atoms with Crippen LogP contribution in [-0.4, -0.2) is 80.8 Å². The molecule has 3 aromatic carbocycles. The molecule has 12 nitrogen and oxygen atoms in total. The van der Waals surface area contributed by atoms with Crippen LogP contribution in [0.4, 0.5) is 0 Å². The number of ether oxygens (including phenoxy) is 5. The Bertz CT molecular complexity index is 1650. The monoisotopic (exact) mass is 732 g/mol. The number of hydrogen-bond donors (Lipinski definition) is 1. The van der Waals surface area contributed by atoms with E-state index in [0.717, 1.165) is 58.8 Å². The maximum atomic E-state index is 13.4. The smallest absolute Gasteiger partial charge is 0.294 e. The minimum absolute atomic E-state index is 0.0157. The molecule has 286 valence electrons. The van der Waals surface area contributed by atoms with E-state index in [2.05, 4.69) is 23.1 Å². The number of hydrogen-bond acceptors (Lipinski definition) is 10. The molecule has 5 rings (SSSR count). The quantitative estimate of drug-likeness (QED) is 0.0730. The highest BCUT2D eigenvalue weighted by atomic mass is 16.9. The standard InChI is InChI=1S/C41H52N2O10/c1-48-37-14-8-6-12-33(37)29-50-20-10-21-51-35-18-16-31(17-19-35)41-34(27-44)25-42(40(45)15-4-3-9-22-53-43(46)47)26-39(41)52-28-30-23-32-11-5-7-13-36(32)38(24-30)49-2/h6-8,12-14,16-19,23-24,34,39,41,44H,3-5,9-11,15,20-22,25-29H2,1-2H3. The van der Waals surface area contributed by atoms with Crippen LogP contribution in [0.25, 0.3) is 6.08 Å². The molecule has 53 heavy (non-hydrogen) atoms. The Morgan fingerprint density at radius 2 is 1.74 bits per heavy atom. The predicted molar refractivity (Wildman–Crippen MR) is 199 cm³/mol. The van der Waals surface area contributed by atoms with Crippen LogP contribution in [0, 0.1) is 16.0 Å². The van der Waals surface area contributed by atoms with Crippen molar-refractivity contribution in [3.63, 3.8) is 0 Å². The van der Waals surface area contributed by atoms with Crippen molar-refractivity contribution in [3.05, 3.63) is 105 Å². The van der Waals surface area contributed by atoms with Crippen LogP contribution < -0.4 is 14.2 Å². The number of aliphatic hydroxyl groups is 1. The summed E-state index contributed by atoms with van der Waals surface area (Å²) in [7, 11) is 3.33. The number of nitrogens with zero attached hydrogens (tertiary/aromatic N) is 2. The van der Waals surface area contributed by atoms with Gasteiger partial charge in [0.25, 0.3) is 5.09 Å². The minimum Gasteiger partial charge on any atom is -0.496 e. The average molecular weight is 733 g/mol. The third-order valence-corrected chi connectivity index (χ3v) is 9.84. The summed E-state index contributed by atoms with van der Waals surface area (Å²) in [5.74, 6) is 1.92. The molecular formula is C41H52N2O10. The average Bonchev–Trinajstić information content (AvgIpc) is 3.19. The Morgan fingerprint density at radius 1 is 0.925 bits per heavy atom. The zero-order valence-electron chi connectivity index (χ0n) is 30.8. The first-order chi connectivity index (χ1) is 25.9. The zero-order valence-corrected chi connectivity index (χ0v) is 30.8. The number of aliphatic hydroxyl groups excluding tert-OH is 1. The lowest BCUT2D eigenvalue weighted by Crippen LogP contribution is -2.52. The van der Waals surface area contributed by atoms with Gasteiger partial charge in [0.05, 0.1) is 53.4 Å². The van der Waals surface area contributed by atoms with Crippen molar-refractivity contribution < 1.29 is 43.5 Å². The highest BCUT2D eigenvalue weighted by molar-refractivity contribution is 5.76. The first kappa shape index (κ1) is 39.6. The van der Waals surface area contributed by atoms with E-state index in [-0.39, 0.29) is 37.1 Å². The summed E-state index contributed by atoms with van der Waals surface area (Å²) in [5, 5.41) is 20.3. The zero-order chi connectivity index (χ0) is 37.4. The summed E-state index contributed by atoms with van der Waals surface area (Å²) in [6, 6.07) is 19.9. The van der Waals surface area contributed by atoms with Crippen LogP contribution in [0.15, 0.2) is 66.7 Å². The van der Waals surface area contributed by atoms with Gasteiger partial charge in [0, 0.05) is 55.5 Å². The number of unbranched alkanes of at least 4 members (excludes halogenated alkanes) is 2. The molecule has 0 spiro atoms. The van der Waals surface area contributed by atoms with Gasteiger partial charge in [-0.15, -0.1) is 10.1 Å². The molecule has 2 aliphatic rings. The number of carbonyl (C=O) groups excluding carboxylic acids is 1. The Morgan fingerprint density at radius 3 is 2.51 bits per heavy atom. The molecule has 1 heterocycles. The second kappa shape index (κ2) is 20.6. The van der Waals surface area contributed by atoms with Crippen LogP contribution in [0.2, 0.25) is 0 Å². The Hall–Kier alpha value is -4.65. The lowest BCUT2D eigenvalue weighted by Gasteiger charge is -2.43. The first-order valence-corrected chi connectivity index (χ1v) is 18.5. The lowest BCUT2D eigenvalue weighted by molar-refractivity contribution is -0.757. The van der Waals surface area contributed by atoms with Crippen LogP contribution in [0.5, 0.6) is 17.2 Å². The van der Waals surface area contributed by atoms with E-state index < -0.39 is 5.09 Å². The predicted octanol–water partition coefficient (Wildman–Crippen LogP) is 6.54. The number of likely N-dealkylation sites (tertiary alicyclic amines) is 1. The van der Waals surface area contributed by atoms with E-state index in [9.17, 15) is 20.0 Å². The number of fused-ring (bicyclic) bond motifs is 1. The Kier molecular flexibility index (Phi) is 15.3. The molecule has 0 aromatic heterocycles. The van der Waals surface area contributed by atoms with Crippen molar-refractivity contribution in [3.8, 4) is 17.2 Å². The number of carbonyl (C=O) groups is 1. The number of aryl methyl sites for hydroxylation is 1. The van der Waals surface area contributed by atoms with E-state index in [4.69, 9.17) is 23.7 Å². The van der Waals surface area contributed by atoms with Crippen LogP contribution >= 0.6 is 0 Å². The SMILES string of the molecule is COc1ccccc1COCCCOc1ccc(C2C(CO)CN(C(=O)CCCCCO[N+](=O)[O-])CC2OCc2cc3c(c(OC)c2)C=CCC3)cc1. The van der Waals surface area contributed by atoms with Gasteiger partial charge in [0.2, 0.25) is 5.91 Å². The van der Waals surface area contributed by atoms with E-state index >= 15 is 0 Å². The van der Waals surface area contributed by atoms with Crippen molar-refractivity contribution >= 4 is 12.0 Å². The maximum absolute atomic E-state index is 13.4. The highest BCUT2D eigenvalue weighted by Gasteiger charge is 2.40. The third kappa shape index (κ3) is 11.4. The fourth-order valence-electron chi connectivity index (χ4n) is 7.16. The molecule has 1 saturated heterocycles. The van der Waals surface area contributed by atoms with E-state index in [0.29, 0.717) is 65.2 Å². The van der Waals surface area contributed by atoms with Gasteiger partial charge in [0.1, 0.15) is 17.2 Å². The molecular weight excluding hydrogens is 680 g/mol. The second-order valence-corrected chi connectivity index (χ2v) is 13.4. The van der Waals surface area contributed by atoms with Crippen molar-refractivity contribution in [1.82, 2.24) is 4.90 Å². The molecule has 0 radical (unpaired) electrons. The number of amides is 1. The molecule has 3 aromatic rings. The van der Waals surface area contributed by atoms with Gasteiger partial charge in [-0.05, 0) is 66.6 Å². The summed E-state index contributed by atoms with van der Waals surface area (Å²) in [6.45, 7) is 2.52. The maximum Gasteiger partial charge on any atom is 0.294 e. The number of para-hydroxylation sites is 1. The fourth-order valence-corrected chi connectivity index (χ4v) is 7.16. The van der Waals surface area contributed by atoms with Crippen LogP contribution in [0.1, 0.15) is 72.3 Å². The van der Waals surface area contributed by atoms with Gasteiger partial charge in [-0.2, -0.15) is 0 Å². The molecule has 1 aliphatic carbocycles. The van der Waals surface area contributed by atoms with E-state index in [1.54, 1.807) is 19.1 Å². The molecule has 12 heteroatoms. The number of benzene rings is 3. The molecule has 3 unspecified atom stereocenters. The van der Waals surface area contributed by atoms with Gasteiger partial charge >= 0.3 is 0 Å². The first-order valence-electron chi connectivity index (χ1n) is 18.5. The summed E-state index contributed by atoms with van der Waals surface area (Å²) in [6.07, 6.45) is 8.54. The summed E-state index contributed by atoms with van der Waals surface area (Å²) in [5.41, 5.74) is 5.32. The van der Waals surface area contributed by atoms with Crippen molar-refractivity contribution in [2.45, 2.75) is 70.2 Å². The van der Waals surface area contributed by atoms with Gasteiger partial charge in [-0.25, -0.2) is 0 Å². The topological polar surface area (TPSA) is 139 Å². The normalized spacial score (nSPS) is 17.9. The van der Waals surface area contributed by atoms with Gasteiger partial charge in [-0.1, -0.05) is 55.0 Å². The van der Waals surface area contributed by atoms with Gasteiger partial charge < -0.3 is 38.5 Å². The number of piperidine rings is 1. The largest absolute Gasteiger partial charge is 0.496 e. The molecule has 0 bridgehead atoms. The molecule has 1 N–H and O–H groups in total. The van der Waals surface area contributed by atoms with Crippen LogP contribution in [-0.2, 0) is 38.7 Å². The molecule has 3 atom stereocenters. The third-order valence-electron chi connectivity index (χ3n) is 9.84. The highest BCUT2D eigenvalue weighted by Crippen LogP contribution is 2.37. The van der Waals surface area contributed by atoms with Gasteiger partial charge in [0.15, 0.2) is 0 Å². The molecule has 1 fully saturated rings. The van der Waals surface area contributed by atoms with E-state index in [1.807, 2.05) is 54.6 Å². The second-order valence-electron chi connectivity index (χ2n) is 13.4. The van der Waals surface area contributed by atoms with Crippen molar-refractivity contribution in [2.24, 2.45) is 5.92 Å². The van der Waals surface area contributed by atoms with E-state index in [1.165, 1.54) is 5.56 Å². The lowest BCUT2D eigenvalue weighted by atomic mass is 9.78. The van der Waals surface area contributed by atoms with Crippen molar-refractivity contribution in [2.75, 3.05) is 53.7 Å². The minimum atomic E-state index is -0.800. The van der Waals surface area contributed by atoms with Crippen molar-refractivity contribution in [1.29, 1.82) is 0 Å². The molecule has 0 saturated carbocycles.